The topological polar surface area (TPSA) is 35.8 Å². The molecule has 0 saturated carbocycles. The van der Waals surface area contributed by atoms with Crippen LogP contribution in [0.2, 0.25) is 0 Å². The smallest absolute Gasteiger partial charge is 0.102 e. The lowest BCUT2D eigenvalue weighted by atomic mass is 9.87. The lowest BCUT2D eigenvalue weighted by molar-refractivity contribution is 0.309. The Hall–Kier alpha value is -0.260. The second-order valence-corrected chi connectivity index (χ2v) is 4.27. The number of alkyl halides is 1. The summed E-state index contributed by atoms with van der Waals surface area (Å²) in [6.45, 7) is 8.02. The number of hydrogen-bond donors (Lipinski definition) is 1. The maximum absolute atomic E-state index is 8.87. The number of rotatable bonds is 4. The van der Waals surface area contributed by atoms with Gasteiger partial charge >= 0.3 is 0 Å². The third kappa shape index (κ3) is 3.42. The number of nitrogens with zero attached hydrogens (tertiary/aromatic N) is 1. The summed E-state index contributed by atoms with van der Waals surface area (Å²) < 4.78 is 0. The zero-order chi connectivity index (χ0) is 9.78. The van der Waals surface area contributed by atoms with Gasteiger partial charge in [0, 0.05) is 17.3 Å². The zero-order valence-corrected chi connectivity index (χ0v) is 8.94. The van der Waals surface area contributed by atoms with Gasteiger partial charge in [-0.15, -0.1) is 11.6 Å². The fourth-order valence-corrected chi connectivity index (χ4v) is 1.00. The molecule has 0 heterocycles. The molecule has 2 nitrogen and oxygen atoms in total. The van der Waals surface area contributed by atoms with Crippen molar-refractivity contribution in [3.63, 3.8) is 0 Å². The van der Waals surface area contributed by atoms with Crippen molar-refractivity contribution in [2.45, 2.75) is 39.8 Å². The molecule has 0 aromatic carbocycles. The van der Waals surface area contributed by atoms with Crippen LogP contribution in [0.5, 0.6) is 0 Å². The third-order valence-corrected chi connectivity index (χ3v) is 2.44. The van der Waals surface area contributed by atoms with E-state index in [1.807, 2.05) is 27.7 Å². The molecule has 0 rings (SSSR count). The Kier molecular flexibility index (Phi) is 4.59. The molecule has 1 atom stereocenters. The summed E-state index contributed by atoms with van der Waals surface area (Å²) in [5.74, 6) is 0.491. The molecule has 0 aromatic rings. The average molecular weight is 189 g/mol. The lowest BCUT2D eigenvalue weighted by Gasteiger charge is -2.29. The summed E-state index contributed by atoms with van der Waals surface area (Å²) in [6, 6.07) is 2.37. The second-order valence-electron chi connectivity index (χ2n) is 4.01. The van der Waals surface area contributed by atoms with Gasteiger partial charge in [-0.2, -0.15) is 5.26 Å². The monoisotopic (exact) mass is 188 g/mol. The summed E-state index contributed by atoms with van der Waals surface area (Å²) in [5.41, 5.74) is -0.166. The average Bonchev–Trinajstić information content (AvgIpc) is 1.99. The molecule has 0 amide bonds. The molecule has 1 unspecified atom stereocenters. The molecule has 0 saturated heterocycles. The van der Waals surface area contributed by atoms with Gasteiger partial charge in [-0.1, -0.05) is 13.8 Å². The van der Waals surface area contributed by atoms with Crippen LogP contribution in [0, 0.1) is 16.7 Å². The highest BCUT2D eigenvalue weighted by Crippen LogP contribution is 2.22. The highest BCUT2D eigenvalue weighted by molar-refractivity contribution is 6.18. The highest BCUT2D eigenvalue weighted by atomic mass is 35.5. The molecule has 0 spiro atoms. The van der Waals surface area contributed by atoms with Crippen LogP contribution in [0.4, 0.5) is 0 Å². The van der Waals surface area contributed by atoms with Crippen LogP contribution in [0.1, 0.15) is 27.7 Å². The first kappa shape index (κ1) is 11.7. The first-order valence-corrected chi connectivity index (χ1v) is 4.69. The minimum Gasteiger partial charge on any atom is -0.299 e. The Labute approximate surface area is 79.9 Å². The minimum absolute atomic E-state index is 0.166. The standard InChI is InChI=1S/C9H17ClN2/c1-7(2)12-8(5-11)9(3,4)6-10/h7-8,12H,6H2,1-4H3. The number of nitriles is 1. The van der Waals surface area contributed by atoms with Gasteiger partial charge < -0.3 is 0 Å². The highest BCUT2D eigenvalue weighted by Gasteiger charge is 2.28. The maximum Gasteiger partial charge on any atom is 0.102 e. The summed E-state index contributed by atoms with van der Waals surface area (Å²) in [6.07, 6.45) is 0. The molecule has 0 aromatic heterocycles. The first-order chi connectivity index (χ1) is 5.44. The van der Waals surface area contributed by atoms with Gasteiger partial charge in [-0.25, -0.2) is 0 Å². The van der Waals surface area contributed by atoms with Crippen LogP contribution in [0.25, 0.3) is 0 Å². The molecule has 0 aliphatic carbocycles. The minimum atomic E-state index is -0.171. The molecule has 12 heavy (non-hydrogen) atoms. The van der Waals surface area contributed by atoms with Gasteiger partial charge in [0.2, 0.25) is 0 Å². The molecule has 0 radical (unpaired) electrons. The lowest BCUT2D eigenvalue weighted by Crippen LogP contribution is -2.45. The Morgan fingerprint density at radius 3 is 2.25 bits per heavy atom. The van der Waals surface area contributed by atoms with Crippen molar-refractivity contribution in [2.24, 2.45) is 5.41 Å². The van der Waals surface area contributed by atoms with Crippen LogP contribution in [0.15, 0.2) is 0 Å². The number of nitrogens with one attached hydrogen (secondary N) is 1. The van der Waals surface area contributed by atoms with E-state index in [4.69, 9.17) is 16.9 Å². The van der Waals surface area contributed by atoms with Gasteiger partial charge in [0.25, 0.3) is 0 Å². The normalized spacial score (nSPS) is 14.4. The van der Waals surface area contributed by atoms with Crippen molar-refractivity contribution in [2.75, 3.05) is 5.88 Å². The SMILES string of the molecule is CC(C)NC(C#N)C(C)(C)CCl. The maximum atomic E-state index is 8.87. The van der Waals surface area contributed by atoms with E-state index < -0.39 is 0 Å². The van der Waals surface area contributed by atoms with E-state index in [-0.39, 0.29) is 11.5 Å². The zero-order valence-electron chi connectivity index (χ0n) is 8.19. The largest absolute Gasteiger partial charge is 0.299 e. The molecular weight excluding hydrogens is 172 g/mol. The Bertz CT molecular complexity index is 170. The summed E-state index contributed by atoms with van der Waals surface area (Å²) in [5, 5.41) is 12.0. The van der Waals surface area contributed by atoms with Crippen LogP contribution < -0.4 is 5.32 Å². The van der Waals surface area contributed by atoms with Gasteiger partial charge in [-0.05, 0) is 13.8 Å². The second kappa shape index (κ2) is 4.69. The van der Waals surface area contributed by atoms with Crippen molar-refractivity contribution in [1.82, 2.24) is 5.32 Å². The summed E-state index contributed by atoms with van der Waals surface area (Å²) in [7, 11) is 0. The van der Waals surface area contributed by atoms with Crippen molar-refractivity contribution in [1.29, 1.82) is 5.26 Å². The quantitative estimate of drug-likeness (QED) is 0.687. The molecule has 70 valence electrons. The molecule has 0 aliphatic rings. The molecular formula is C9H17ClN2. The van der Waals surface area contributed by atoms with Gasteiger partial charge in [0.15, 0.2) is 0 Å². The van der Waals surface area contributed by atoms with E-state index >= 15 is 0 Å². The molecule has 0 fully saturated rings. The van der Waals surface area contributed by atoms with Gasteiger partial charge in [0.1, 0.15) is 6.04 Å². The van der Waals surface area contributed by atoms with Crippen molar-refractivity contribution >= 4 is 11.6 Å². The Balaban J connectivity index is 4.26. The number of halogens is 1. The third-order valence-electron chi connectivity index (χ3n) is 1.75. The van der Waals surface area contributed by atoms with E-state index in [0.717, 1.165) is 0 Å². The van der Waals surface area contributed by atoms with E-state index in [2.05, 4.69) is 11.4 Å². The fraction of sp³-hybridized carbons (Fsp3) is 0.889. The van der Waals surface area contributed by atoms with E-state index in [1.54, 1.807) is 0 Å². The summed E-state index contributed by atoms with van der Waals surface area (Å²) in [4.78, 5) is 0. The Morgan fingerprint density at radius 1 is 1.50 bits per heavy atom. The predicted molar refractivity (Wildman–Crippen MR) is 52.2 cm³/mol. The molecule has 1 N–H and O–H groups in total. The van der Waals surface area contributed by atoms with Crippen LogP contribution >= 0.6 is 11.6 Å². The molecule has 3 heteroatoms. The van der Waals surface area contributed by atoms with Gasteiger partial charge in [-0.3, -0.25) is 5.32 Å². The van der Waals surface area contributed by atoms with E-state index in [0.29, 0.717) is 11.9 Å². The Morgan fingerprint density at radius 2 is 2.00 bits per heavy atom. The van der Waals surface area contributed by atoms with Gasteiger partial charge in [0.05, 0.1) is 6.07 Å². The van der Waals surface area contributed by atoms with Crippen LogP contribution in [-0.4, -0.2) is 18.0 Å². The van der Waals surface area contributed by atoms with Crippen LogP contribution in [0.3, 0.4) is 0 Å². The van der Waals surface area contributed by atoms with Crippen molar-refractivity contribution < 1.29 is 0 Å². The van der Waals surface area contributed by atoms with Crippen LogP contribution in [-0.2, 0) is 0 Å². The molecule has 0 aliphatic heterocycles. The number of hydrogen-bond acceptors (Lipinski definition) is 2. The fourth-order valence-electron chi connectivity index (χ4n) is 0.848. The van der Waals surface area contributed by atoms with Crippen molar-refractivity contribution in [3.05, 3.63) is 0 Å². The van der Waals surface area contributed by atoms with Crippen molar-refractivity contribution in [3.8, 4) is 6.07 Å². The summed E-state index contributed by atoms with van der Waals surface area (Å²) >= 11 is 5.76. The molecule has 0 bridgehead atoms. The predicted octanol–water partition coefficient (Wildman–Crippen LogP) is 2.14. The van der Waals surface area contributed by atoms with E-state index in [9.17, 15) is 0 Å². The first-order valence-electron chi connectivity index (χ1n) is 4.15. The van der Waals surface area contributed by atoms with E-state index in [1.165, 1.54) is 0 Å².